The van der Waals surface area contributed by atoms with Crippen molar-refractivity contribution in [3.8, 4) is 0 Å². The molecule has 0 unspecified atom stereocenters. The summed E-state index contributed by atoms with van der Waals surface area (Å²) in [4.78, 5) is 7.70. The average molecular weight is 186 g/mol. The van der Waals surface area contributed by atoms with Crippen molar-refractivity contribution in [3.63, 3.8) is 0 Å². The summed E-state index contributed by atoms with van der Waals surface area (Å²) < 4.78 is 12.0. The molecule has 0 saturated carbocycles. The topological polar surface area (TPSA) is 16.1 Å². The molecule has 0 aromatic carbocycles. The summed E-state index contributed by atoms with van der Waals surface area (Å²) in [5.74, 6) is 0. The maximum atomic E-state index is 12.0. The minimum Gasteiger partial charge on any atom is -0.295 e. The Morgan fingerprint density at radius 1 is 1.67 bits per heavy atom. The normalized spacial score (nSPS) is 17.8. The summed E-state index contributed by atoms with van der Waals surface area (Å²) in [5, 5.41) is 0. The van der Waals surface area contributed by atoms with Crippen LogP contribution in [0.15, 0.2) is 5.51 Å². The average Bonchev–Trinajstić information content (AvgIpc) is 2.51. The monoisotopic (exact) mass is 186 g/mol. The van der Waals surface area contributed by atoms with Crippen LogP contribution < -0.4 is 0 Å². The molecule has 2 heterocycles. The molecule has 0 radical (unpaired) electrons. The second-order valence-corrected chi connectivity index (χ2v) is 3.88. The van der Waals surface area contributed by atoms with Crippen LogP contribution in [-0.4, -0.2) is 29.6 Å². The molecule has 0 amide bonds. The molecular formula is C8H11FN2S. The second-order valence-electron chi connectivity index (χ2n) is 2.94. The molecule has 0 fully saturated rings. The minimum absolute atomic E-state index is 0.242. The molecule has 0 saturated heterocycles. The van der Waals surface area contributed by atoms with Crippen molar-refractivity contribution in [2.75, 3.05) is 19.8 Å². The number of fused-ring (bicyclic) bond motifs is 1. The number of hydrogen-bond acceptors (Lipinski definition) is 3. The Balaban J connectivity index is 2.05. The number of alkyl halides is 1. The predicted octanol–water partition coefficient (Wildman–Crippen LogP) is 1.47. The lowest BCUT2D eigenvalue weighted by Crippen LogP contribution is -2.31. The first kappa shape index (κ1) is 8.13. The molecule has 66 valence electrons. The second kappa shape index (κ2) is 3.49. The van der Waals surface area contributed by atoms with Crippen LogP contribution >= 0.6 is 11.3 Å². The molecule has 12 heavy (non-hydrogen) atoms. The predicted molar refractivity (Wildman–Crippen MR) is 47.1 cm³/mol. The van der Waals surface area contributed by atoms with E-state index in [2.05, 4.69) is 9.88 Å². The molecule has 2 nitrogen and oxygen atoms in total. The summed E-state index contributed by atoms with van der Waals surface area (Å²) in [6, 6.07) is 0. The summed E-state index contributed by atoms with van der Waals surface area (Å²) in [6.45, 7) is 2.18. The van der Waals surface area contributed by atoms with Gasteiger partial charge in [0.15, 0.2) is 0 Å². The largest absolute Gasteiger partial charge is 0.295 e. The Morgan fingerprint density at radius 3 is 3.42 bits per heavy atom. The zero-order valence-corrected chi connectivity index (χ0v) is 7.61. The number of rotatable bonds is 2. The molecule has 0 atom stereocenters. The van der Waals surface area contributed by atoms with Crippen molar-refractivity contribution in [2.45, 2.75) is 13.0 Å². The first-order valence-electron chi connectivity index (χ1n) is 4.09. The standard InChI is InChI=1S/C8H11FN2S/c9-2-4-11-3-1-7-8(5-11)12-6-10-7/h6H,1-5H2. The first-order valence-corrected chi connectivity index (χ1v) is 4.97. The van der Waals surface area contributed by atoms with Crippen LogP contribution in [0.5, 0.6) is 0 Å². The van der Waals surface area contributed by atoms with Crippen molar-refractivity contribution >= 4 is 11.3 Å². The van der Waals surface area contributed by atoms with Crippen molar-refractivity contribution in [3.05, 3.63) is 16.1 Å². The molecule has 0 aliphatic carbocycles. The Labute approximate surface area is 75.0 Å². The third-order valence-electron chi connectivity index (χ3n) is 2.16. The summed E-state index contributed by atoms with van der Waals surface area (Å²) in [6.07, 6.45) is 0.985. The Morgan fingerprint density at radius 2 is 2.58 bits per heavy atom. The van der Waals surface area contributed by atoms with E-state index in [1.54, 1.807) is 11.3 Å². The van der Waals surface area contributed by atoms with Gasteiger partial charge in [-0.25, -0.2) is 9.37 Å². The van der Waals surface area contributed by atoms with E-state index in [4.69, 9.17) is 0 Å². The van der Waals surface area contributed by atoms with Gasteiger partial charge in [-0.05, 0) is 0 Å². The van der Waals surface area contributed by atoms with Gasteiger partial charge in [-0.2, -0.15) is 0 Å². The van der Waals surface area contributed by atoms with Gasteiger partial charge in [-0.1, -0.05) is 0 Å². The number of nitrogens with zero attached hydrogens (tertiary/aromatic N) is 2. The minimum atomic E-state index is -0.242. The van der Waals surface area contributed by atoms with Crippen molar-refractivity contribution in [1.29, 1.82) is 0 Å². The molecule has 4 heteroatoms. The van der Waals surface area contributed by atoms with Gasteiger partial charge in [0.1, 0.15) is 6.67 Å². The fraction of sp³-hybridized carbons (Fsp3) is 0.625. The van der Waals surface area contributed by atoms with E-state index in [1.165, 1.54) is 10.6 Å². The van der Waals surface area contributed by atoms with Crippen LogP contribution in [0.1, 0.15) is 10.6 Å². The van der Waals surface area contributed by atoms with Gasteiger partial charge in [0.2, 0.25) is 0 Å². The maximum Gasteiger partial charge on any atom is 0.102 e. The SMILES string of the molecule is FCCN1CCc2ncsc2C1. The van der Waals surface area contributed by atoms with Gasteiger partial charge in [-0.15, -0.1) is 11.3 Å². The van der Waals surface area contributed by atoms with Crippen LogP contribution in [0, 0.1) is 0 Å². The molecule has 0 N–H and O–H groups in total. The van der Waals surface area contributed by atoms with Crippen LogP contribution in [0.3, 0.4) is 0 Å². The maximum absolute atomic E-state index is 12.0. The Bertz CT molecular complexity index is 261. The van der Waals surface area contributed by atoms with Crippen LogP contribution in [0.2, 0.25) is 0 Å². The molecule has 1 aliphatic rings. The number of halogens is 1. The smallest absolute Gasteiger partial charge is 0.102 e. The summed E-state index contributed by atoms with van der Waals surface area (Å²) in [7, 11) is 0. The molecule has 1 aromatic rings. The molecule has 0 spiro atoms. The van der Waals surface area contributed by atoms with Gasteiger partial charge in [0, 0.05) is 30.9 Å². The Kier molecular flexibility index (Phi) is 2.37. The highest BCUT2D eigenvalue weighted by molar-refractivity contribution is 7.09. The van der Waals surface area contributed by atoms with Crippen LogP contribution in [0.4, 0.5) is 4.39 Å². The van der Waals surface area contributed by atoms with Crippen molar-refractivity contribution in [2.24, 2.45) is 0 Å². The molecule has 2 rings (SSSR count). The van der Waals surface area contributed by atoms with Crippen molar-refractivity contribution in [1.82, 2.24) is 9.88 Å². The van der Waals surface area contributed by atoms with E-state index in [0.29, 0.717) is 6.54 Å². The van der Waals surface area contributed by atoms with Crippen molar-refractivity contribution < 1.29 is 4.39 Å². The van der Waals surface area contributed by atoms with Gasteiger partial charge in [0.05, 0.1) is 11.2 Å². The highest BCUT2D eigenvalue weighted by Crippen LogP contribution is 2.20. The lowest BCUT2D eigenvalue weighted by Gasteiger charge is -2.24. The number of hydrogen-bond donors (Lipinski definition) is 0. The lowest BCUT2D eigenvalue weighted by atomic mass is 10.2. The van der Waals surface area contributed by atoms with E-state index in [1.807, 2.05) is 5.51 Å². The van der Waals surface area contributed by atoms with Gasteiger partial charge in [-0.3, -0.25) is 4.90 Å². The van der Waals surface area contributed by atoms with E-state index >= 15 is 0 Å². The van der Waals surface area contributed by atoms with E-state index in [0.717, 1.165) is 19.5 Å². The molecule has 1 aromatic heterocycles. The van der Waals surface area contributed by atoms with Crippen LogP contribution in [-0.2, 0) is 13.0 Å². The fourth-order valence-electron chi connectivity index (χ4n) is 1.48. The van der Waals surface area contributed by atoms with Gasteiger partial charge < -0.3 is 0 Å². The number of thiazole rings is 1. The molecule has 0 bridgehead atoms. The highest BCUT2D eigenvalue weighted by atomic mass is 32.1. The quantitative estimate of drug-likeness (QED) is 0.695. The first-order chi connectivity index (χ1) is 5.90. The third-order valence-corrected chi connectivity index (χ3v) is 3.02. The zero-order valence-electron chi connectivity index (χ0n) is 6.79. The molecular weight excluding hydrogens is 175 g/mol. The van der Waals surface area contributed by atoms with E-state index in [-0.39, 0.29) is 6.67 Å². The van der Waals surface area contributed by atoms with E-state index in [9.17, 15) is 4.39 Å². The van der Waals surface area contributed by atoms with Crippen LogP contribution in [0.25, 0.3) is 0 Å². The summed E-state index contributed by atoms with van der Waals surface area (Å²) in [5.41, 5.74) is 3.10. The zero-order chi connectivity index (χ0) is 8.39. The Hall–Kier alpha value is -0.480. The highest BCUT2D eigenvalue weighted by Gasteiger charge is 2.17. The van der Waals surface area contributed by atoms with E-state index < -0.39 is 0 Å². The fourth-order valence-corrected chi connectivity index (χ4v) is 2.34. The lowest BCUT2D eigenvalue weighted by molar-refractivity contribution is 0.232. The van der Waals surface area contributed by atoms with Gasteiger partial charge in [0.25, 0.3) is 0 Å². The number of aromatic nitrogens is 1. The van der Waals surface area contributed by atoms with Gasteiger partial charge >= 0.3 is 0 Å². The summed E-state index contributed by atoms with van der Waals surface area (Å²) >= 11 is 1.68. The molecule has 1 aliphatic heterocycles. The third kappa shape index (κ3) is 1.49.